The average Bonchev–Trinajstić information content (AvgIpc) is 2.48. The third-order valence-corrected chi connectivity index (χ3v) is 4.96. The number of methoxy groups -OCH3 is 1. The van der Waals surface area contributed by atoms with Crippen molar-refractivity contribution in [2.45, 2.75) is 43.4 Å². The van der Waals surface area contributed by atoms with E-state index in [0.717, 1.165) is 24.2 Å². The van der Waals surface area contributed by atoms with Crippen molar-refractivity contribution in [2.24, 2.45) is 0 Å². The number of thioether (sulfide) groups is 1. The maximum absolute atomic E-state index is 12.2. The summed E-state index contributed by atoms with van der Waals surface area (Å²) < 4.78 is 5.29. The van der Waals surface area contributed by atoms with E-state index in [2.05, 4.69) is 11.6 Å². The summed E-state index contributed by atoms with van der Waals surface area (Å²) in [6, 6.07) is 8.04. The first kappa shape index (κ1) is 15.2. The molecule has 0 saturated heterocycles. The predicted molar refractivity (Wildman–Crippen MR) is 84.4 cm³/mol. The van der Waals surface area contributed by atoms with E-state index in [1.54, 1.807) is 7.11 Å². The summed E-state index contributed by atoms with van der Waals surface area (Å²) in [5.41, 5.74) is 0.949. The van der Waals surface area contributed by atoms with Crippen LogP contribution in [0.3, 0.4) is 0 Å². The van der Waals surface area contributed by atoms with Crippen molar-refractivity contribution in [3.63, 3.8) is 0 Å². The fourth-order valence-corrected chi connectivity index (χ4v) is 3.62. The molecular formula is C16H23NO2S. The van der Waals surface area contributed by atoms with Gasteiger partial charge in [0.15, 0.2) is 0 Å². The minimum atomic E-state index is 0.0984. The van der Waals surface area contributed by atoms with E-state index in [0.29, 0.717) is 17.7 Å². The molecule has 4 heteroatoms. The molecule has 0 unspecified atom stereocenters. The standard InChI is InChI=1S/C16H23NO2S/c1-19-15-9-4-3-6-12(15)10-16(18)17-13-7-5-8-14(11-13)20-2/h3-4,6,9,13-14H,5,7-8,10-11H2,1-2H3,(H,17,18)/t13-,14-/m1/s1. The Morgan fingerprint density at radius 3 is 2.95 bits per heavy atom. The lowest BCUT2D eigenvalue weighted by Crippen LogP contribution is -2.39. The number of hydrogen-bond donors (Lipinski definition) is 1. The molecule has 1 aromatic rings. The Morgan fingerprint density at radius 1 is 1.40 bits per heavy atom. The van der Waals surface area contributed by atoms with Crippen LogP contribution in [-0.4, -0.2) is 30.6 Å². The Morgan fingerprint density at radius 2 is 2.20 bits per heavy atom. The van der Waals surface area contributed by atoms with Gasteiger partial charge >= 0.3 is 0 Å². The summed E-state index contributed by atoms with van der Waals surface area (Å²) in [7, 11) is 1.64. The minimum absolute atomic E-state index is 0.0984. The van der Waals surface area contributed by atoms with E-state index < -0.39 is 0 Å². The molecule has 1 aromatic carbocycles. The smallest absolute Gasteiger partial charge is 0.224 e. The molecule has 1 fully saturated rings. The summed E-state index contributed by atoms with van der Waals surface area (Å²) >= 11 is 1.92. The molecule has 0 bridgehead atoms. The minimum Gasteiger partial charge on any atom is -0.496 e. The van der Waals surface area contributed by atoms with Crippen molar-refractivity contribution < 1.29 is 9.53 Å². The van der Waals surface area contributed by atoms with Gasteiger partial charge in [0.25, 0.3) is 0 Å². The maximum Gasteiger partial charge on any atom is 0.224 e. The number of hydrogen-bond acceptors (Lipinski definition) is 3. The van der Waals surface area contributed by atoms with Crippen molar-refractivity contribution in [1.82, 2.24) is 5.32 Å². The number of amides is 1. The van der Waals surface area contributed by atoms with E-state index in [4.69, 9.17) is 4.74 Å². The zero-order valence-electron chi connectivity index (χ0n) is 12.2. The van der Waals surface area contributed by atoms with Gasteiger partial charge in [-0.25, -0.2) is 0 Å². The van der Waals surface area contributed by atoms with Gasteiger partial charge in [-0.2, -0.15) is 11.8 Å². The van der Waals surface area contributed by atoms with Crippen LogP contribution in [0.25, 0.3) is 0 Å². The Labute approximate surface area is 125 Å². The number of carbonyl (C=O) groups excluding carboxylic acids is 1. The van der Waals surface area contributed by atoms with Crippen molar-refractivity contribution in [3.8, 4) is 5.75 Å². The highest BCUT2D eigenvalue weighted by Crippen LogP contribution is 2.27. The number of para-hydroxylation sites is 1. The molecule has 1 aliphatic rings. The molecule has 1 saturated carbocycles. The van der Waals surface area contributed by atoms with Crippen LogP contribution in [0.2, 0.25) is 0 Å². The third kappa shape index (κ3) is 4.17. The molecule has 20 heavy (non-hydrogen) atoms. The van der Waals surface area contributed by atoms with Gasteiger partial charge in [-0.05, 0) is 31.6 Å². The Bertz CT molecular complexity index is 450. The maximum atomic E-state index is 12.2. The molecule has 3 nitrogen and oxygen atoms in total. The number of benzene rings is 1. The van der Waals surface area contributed by atoms with Gasteiger partial charge in [-0.15, -0.1) is 0 Å². The molecule has 1 aliphatic carbocycles. The Balaban J connectivity index is 1.89. The first-order valence-electron chi connectivity index (χ1n) is 7.17. The quantitative estimate of drug-likeness (QED) is 0.907. The normalized spacial score (nSPS) is 22.3. The first-order chi connectivity index (χ1) is 9.72. The van der Waals surface area contributed by atoms with Crippen molar-refractivity contribution >= 4 is 17.7 Å². The fourth-order valence-electron chi connectivity index (χ4n) is 2.79. The highest BCUT2D eigenvalue weighted by Gasteiger charge is 2.22. The summed E-state index contributed by atoms with van der Waals surface area (Å²) in [6.07, 6.45) is 7.24. The van der Waals surface area contributed by atoms with Crippen molar-refractivity contribution in [3.05, 3.63) is 29.8 Å². The first-order valence-corrected chi connectivity index (χ1v) is 8.45. The van der Waals surface area contributed by atoms with Gasteiger partial charge in [0.2, 0.25) is 5.91 Å². The van der Waals surface area contributed by atoms with Gasteiger partial charge < -0.3 is 10.1 Å². The monoisotopic (exact) mass is 293 g/mol. The molecule has 2 rings (SSSR count). The molecule has 1 N–H and O–H groups in total. The van der Waals surface area contributed by atoms with Gasteiger partial charge in [-0.1, -0.05) is 24.6 Å². The molecule has 0 spiro atoms. The van der Waals surface area contributed by atoms with E-state index >= 15 is 0 Å². The molecule has 0 heterocycles. The zero-order valence-corrected chi connectivity index (χ0v) is 13.0. The highest BCUT2D eigenvalue weighted by atomic mass is 32.2. The lowest BCUT2D eigenvalue weighted by atomic mass is 9.94. The molecule has 2 atom stereocenters. The van der Waals surface area contributed by atoms with Gasteiger partial charge in [0.1, 0.15) is 5.75 Å². The third-order valence-electron chi connectivity index (χ3n) is 3.87. The number of rotatable bonds is 5. The lowest BCUT2D eigenvalue weighted by Gasteiger charge is -2.28. The van der Waals surface area contributed by atoms with E-state index in [1.807, 2.05) is 36.0 Å². The molecule has 1 amide bonds. The molecule has 0 radical (unpaired) electrons. The molecular weight excluding hydrogens is 270 g/mol. The topological polar surface area (TPSA) is 38.3 Å². The van der Waals surface area contributed by atoms with Crippen LogP contribution >= 0.6 is 11.8 Å². The summed E-state index contributed by atoms with van der Waals surface area (Å²) in [4.78, 5) is 12.2. The summed E-state index contributed by atoms with van der Waals surface area (Å²) in [6.45, 7) is 0. The van der Waals surface area contributed by atoms with Gasteiger partial charge in [0, 0.05) is 16.9 Å². The van der Waals surface area contributed by atoms with E-state index in [1.165, 1.54) is 12.8 Å². The van der Waals surface area contributed by atoms with Crippen LogP contribution in [-0.2, 0) is 11.2 Å². The number of ether oxygens (including phenoxy) is 1. The van der Waals surface area contributed by atoms with Gasteiger partial charge in [-0.3, -0.25) is 4.79 Å². The SMILES string of the molecule is COc1ccccc1CC(=O)N[C@@H]1CCC[C@@H](SC)C1. The second-order valence-electron chi connectivity index (χ2n) is 5.28. The van der Waals surface area contributed by atoms with Crippen molar-refractivity contribution in [2.75, 3.05) is 13.4 Å². The van der Waals surface area contributed by atoms with E-state index in [9.17, 15) is 4.79 Å². The van der Waals surface area contributed by atoms with Crippen LogP contribution in [0, 0.1) is 0 Å². The molecule has 0 aliphatic heterocycles. The zero-order chi connectivity index (χ0) is 14.4. The highest BCUT2D eigenvalue weighted by molar-refractivity contribution is 7.99. The number of carbonyl (C=O) groups is 1. The fraction of sp³-hybridized carbons (Fsp3) is 0.562. The summed E-state index contributed by atoms with van der Waals surface area (Å²) in [5.74, 6) is 0.884. The molecule has 0 aromatic heterocycles. The predicted octanol–water partition coefficient (Wildman–Crippen LogP) is 3.03. The lowest BCUT2D eigenvalue weighted by molar-refractivity contribution is -0.121. The Hall–Kier alpha value is -1.16. The van der Waals surface area contributed by atoms with Crippen LogP contribution in [0.5, 0.6) is 5.75 Å². The number of nitrogens with one attached hydrogen (secondary N) is 1. The van der Waals surface area contributed by atoms with Crippen LogP contribution in [0.4, 0.5) is 0 Å². The largest absolute Gasteiger partial charge is 0.496 e. The summed E-state index contributed by atoms with van der Waals surface area (Å²) in [5, 5.41) is 3.87. The Kier molecular flexibility index (Phi) is 5.77. The second kappa shape index (κ2) is 7.58. The van der Waals surface area contributed by atoms with Crippen LogP contribution in [0.1, 0.15) is 31.2 Å². The van der Waals surface area contributed by atoms with Crippen LogP contribution in [0.15, 0.2) is 24.3 Å². The second-order valence-corrected chi connectivity index (χ2v) is 6.42. The van der Waals surface area contributed by atoms with Crippen LogP contribution < -0.4 is 10.1 Å². The molecule has 110 valence electrons. The van der Waals surface area contributed by atoms with E-state index in [-0.39, 0.29) is 5.91 Å². The van der Waals surface area contributed by atoms with Gasteiger partial charge in [0.05, 0.1) is 13.5 Å². The van der Waals surface area contributed by atoms with Crippen molar-refractivity contribution in [1.29, 1.82) is 0 Å². The average molecular weight is 293 g/mol.